The van der Waals surface area contributed by atoms with E-state index < -0.39 is 5.91 Å². The van der Waals surface area contributed by atoms with Crippen molar-refractivity contribution in [2.45, 2.75) is 33.2 Å². The van der Waals surface area contributed by atoms with Gasteiger partial charge in [0.15, 0.2) is 5.11 Å². The standard InChI is InChI=1S/C22H21Cl2N3O2S2/c1-11-8-9-12(14(23)10-11)19(28)26-21(30)25-15-7-5-6-13-16(24)18(31-17(13)15)20(29)27-22(2,3)4/h5-10H,1-4H3,(H,27,29)(H2,25,26,28,30). The Morgan fingerprint density at radius 3 is 2.42 bits per heavy atom. The first kappa shape index (κ1) is 23.5. The molecule has 0 unspecified atom stereocenters. The number of thiophene rings is 1. The topological polar surface area (TPSA) is 70.2 Å². The summed E-state index contributed by atoms with van der Waals surface area (Å²) < 4.78 is 0.761. The zero-order valence-corrected chi connectivity index (χ0v) is 20.5. The maximum Gasteiger partial charge on any atom is 0.263 e. The molecule has 0 aliphatic carbocycles. The van der Waals surface area contributed by atoms with E-state index in [-0.39, 0.29) is 16.6 Å². The predicted octanol–water partition coefficient (Wildman–Crippen LogP) is 6.17. The number of aryl methyl sites for hydroxylation is 1. The van der Waals surface area contributed by atoms with E-state index in [1.54, 1.807) is 30.3 Å². The Labute approximate surface area is 200 Å². The van der Waals surface area contributed by atoms with E-state index in [2.05, 4.69) is 16.0 Å². The number of carbonyl (C=O) groups excluding carboxylic acids is 2. The maximum atomic E-state index is 12.6. The summed E-state index contributed by atoms with van der Waals surface area (Å²) in [5.74, 6) is -0.654. The zero-order valence-electron chi connectivity index (χ0n) is 17.4. The number of amides is 2. The van der Waals surface area contributed by atoms with Gasteiger partial charge in [-0.1, -0.05) is 41.4 Å². The van der Waals surface area contributed by atoms with E-state index in [9.17, 15) is 9.59 Å². The molecular formula is C22H21Cl2N3O2S2. The summed E-state index contributed by atoms with van der Waals surface area (Å²) in [6.07, 6.45) is 0. The van der Waals surface area contributed by atoms with Gasteiger partial charge in [-0.3, -0.25) is 14.9 Å². The third-order valence-corrected chi connectivity index (χ3v) is 6.45. The lowest BCUT2D eigenvalue weighted by molar-refractivity contribution is 0.0922. The van der Waals surface area contributed by atoms with Crippen LogP contribution in [0, 0.1) is 6.92 Å². The first-order chi connectivity index (χ1) is 14.5. The second-order valence-corrected chi connectivity index (χ2v) is 10.2. The summed E-state index contributed by atoms with van der Waals surface area (Å²) in [7, 11) is 0. The molecular weight excluding hydrogens is 473 g/mol. The molecule has 0 saturated carbocycles. The molecule has 9 heteroatoms. The Morgan fingerprint density at radius 2 is 1.77 bits per heavy atom. The largest absolute Gasteiger partial charge is 0.347 e. The SMILES string of the molecule is Cc1ccc(C(=O)NC(=S)Nc2cccc3c(Cl)c(C(=O)NC(C)(C)C)sc23)c(Cl)c1. The minimum atomic E-state index is -0.413. The number of hydrogen-bond donors (Lipinski definition) is 3. The smallest absolute Gasteiger partial charge is 0.263 e. The molecule has 0 radical (unpaired) electrons. The first-order valence-electron chi connectivity index (χ1n) is 9.38. The highest BCUT2D eigenvalue weighted by Gasteiger charge is 2.22. The van der Waals surface area contributed by atoms with Gasteiger partial charge >= 0.3 is 0 Å². The Kier molecular flexibility index (Phi) is 6.91. The van der Waals surface area contributed by atoms with Crippen molar-refractivity contribution < 1.29 is 9.59 Å². The molecule has 3 rings (SSSR count). The number of fused-ring (bicyclic) bond motifs is 1. The summed E-state index contributed by atoms with van der Waals surface area (Å²) >= 11 is 19.2. The van der Waals surface area contributed by atoms with E-state index in [1.807, 2.05) is 33.8 Å². The van der Waals surface area contributed by atoms with Crippen molar-refractivity contribution in [1.29, 1.82) is 0 Å². The van der Waals surface area contributed by atoms with Crippen molar-refractivity contribution in [3.8, 4) is 0 Å². The summed E-state index contributed by atoms with van der Waals surface area (Å²) in [5, 5.41) is 10.1. The van der Waals surface area contributed by atoms with Gasteiger partial charge in [-0.25, -0.2) is 0 Å². The molecule has 0 bridgehead atoms. The van der Waals surface area contributed by atoms with Crippen LogP contribution >= 0.6 is 46.8 Å². The van der Waals surface area contributed by atoms with E-state index in [4.69, 9.17) is 35.4 Å². The summed E-state index contributed by atoms with van der Waals surface area (Å²) in [5.41, 5.74) is 1.53. The first-order valence-corrected chi connectivity index (χ1v) is 11.4. The van der Waals surface area contributed by atoms with Gasteiger partial charge in [-0.15, -0.1) is 11.3 Å². The number of thiocarbonyl (C=S) groups is 1. The van der Waals surface area contributed by atoms with Crippen LogP contribution in [-0.2, 0) is 0 Å². The van der Waals surface area contributed by atoms with E-state index in [1.165, 1.54) is 11.3 Å². The Bertz CT molecular complexity index is 1200. The molecule has 2 aromatic carbocycles. The zero-order chi connectivity index (χ0) is 22.9. The van der Waals surface area contributed by atoms with E-state index in [0.29, 0.717) is 26.2 Å². The Balaban J connectivity index is 1.83. The van der Waals surface area contributed by atoms with Crippen molar-refractivity contribution in [1.82, 2.24) is 10.6 Å². The molecule has 0 aliphatic rings. The summed E-state index contributed by atoms with van der Waals surface area (Å²) in [6.45, 7) is 7.60. The molecule has 162 valence electrons. The predicted molar refractivity (Wildman–Crippen MR) is 134 cm³/mol. The molecule has 0 aliphatic heterocycles. The van der Waals surface area contributed by atoms with Crippen LogP contribution in [0.4, 0.5) is 5.69 Å². The summed E-state index contributed by atoms with van der Waals surface area (Å²) in [4.78, 5) is 25.6. The van der Waals surface area contributed by atoms with Crippen molar-refractivity contribution in [3.63, 3.8) is 0 Å². The molecule has 0 spiro atoms. The van der Waals surface area contributed by atoms with Crippen LogP contribution in [-0.4, -0.2) is 22.5 Å². The quantitative estimate of drug-likeness (QED) is 0.381. The maximum absolute atomic E-state index is 12.6. The third kappa shape index (κ3) is 5.54. The molecule has 3 aromatic rings. The molecule has 1 aromatic heterocycles. The molecule has 1 heterocycles. The average Bonchev–Trinajstić information content (AvgIpc) is 2.98. The fourth-order valence-corrected chi connectivity index (χ4v) is 4.85. The number of nitrogens with one attached hydrogen (secondary N) is 3. The molecule has 31 heavy (non-hydrogen) atoms. The molecule has 2 amide bonds. The average molecular weight is 494 g/mol. The van der Waals surface area contributed by atoms with Gasteiger partial charge in [-0.2, -0.15) is 0 Å². The molecule has 3 N–H and O–H groups in total. The van der Waals surface area contributed by atoms with Crippen molar-refractivity contribution in [2.24, 2.45) is 0 Å². The van der Waals surface area contributed by atoms with Crippen LogP contribution in [0.25, 0.3) is 10.1 Å². The van der Waals surface area contributed by atoms with Gasteiger partial charge in [-0.05, 0) is 63.7 Å². The minimum Gasteiger partial charge on any atom is -0.347 e. The van der Waals surface area contributed by atoms with Gasteiger partial charge in [0.2, 0.25) is 0 Å². The highest BCUT2D eigenvalue weighted by Crippen LogP contribution is 2.39. The summed E-state index contributed by atoms with van der Waals surface area (Å²) in [6, 6.07) is 10.6. The second-order valence-electron chi connectivity index (χ2n) is 8.02. The van der Waals surface area contributed by atoms with Gasteiger partial charge in [0.1, 0.15) is 4.88 Å². The number of benzene rings is 2. The van der Waals surface area contributed by atoms with Crippen LogP contribution < -0.4 is 16.0 Å². The van der Waals surface area contributed by atoms with Gasteiger partial charge < -0.3 is 10.6 Å². The second kappa shape index (κ2) is 9.12. The fraction of sp³-hybridized carbons (Fsp3) is 0.227. The highest BCUT2D eigenvalue weighted by molar-refractivity contribution is 7.80. The normalized spacial score (nSPS) is 11.3. The molecule has 0 saturated heterocycles. The number of carbonyl (C=O) groups is 2. The van der Waals surface area contributed by atoms with E-state index >= 15 is 0 Å². The third-order valence-electron chi connectivity index (χ3n) is 4.19. The lowest BCUT2D eigenvalue weighted by Crippen LogP contribution is -2.40. The van der Waals surface area contributed by atoms with Crippen LogP contribution in [0.1, 0.15) is 46.4 Å². The van der Waals surface area contributed by atoms with Gasteiger partial charge in [0.25, 0.3) is 11.8 Å². The fourth-order valence-electron chi connectivity index (χ4n) is 2.86. The van der Waals surface area contributed by atoms with Crippen LogP contribution in [0.15, 0.2) is 36.4 Å². The number of halogens is 2. The number of hydrogen-bond acceptors (Lipinski definition) is 4. The molecule has 0 fully saturated rings. The van der Waals surface area contributed by atoms with Gasteiger partial charge in [0, 0.05) is 10.9 Å². The minimum absolute atomic E-state index is 0.111. The lowest BCUT2D eigenvalue weighted by atomic mass is 10.1. The molecule has 0 atom stereocenters. The van der Waals surface area contributed by atoms with Crippen LogP contribution in [0.2, 0.25) is 10.0 Å². The Morgan fingerprint density at radius 1 is 1.06 bits per heavy atom. The Hall–Kier alpha value is -2.19. The van der Waals surface area contributed by atoms with Crippen molar-refractivity contribution in [2.75, 3.05) is 5.32 Å². The number of rotatable bonds is 3. The van der Waals surface area contributed by atoms with Crippen molar-refractivity contribution >= 4 is 79.5 Å². The van der Waals surface area contributed by atoms with Crippen LogP contribution in [0.5, 0.6) is 0 Å². The lowest BCUT2D eigenvalue weighted by Gasteiger charge is -2.19. The van der Waals surface area contributed by atoms with Gasteiger partial charge in [0.05, 0.1) is 26.0 Å². The highest BCUT2D eigenvalue weighted by atomic mass is 35.5. The monoisotopic (exact) mass is 493 g/mol. The van der Waals surface area contributed by atoms with Crippen molar-refractivity contribution in [3.05, 3.63) is 62.4 Å². The number of anilines is 1. The van der Waals surface area contributed by atoms with Crippen LogP contribution in [0.3, 0.4) is 0 Å². The van der Waals surface area contributed by atoms with E-state index in [0.717, 1.165) is 15.6 Å². The molecule has 5 nitrogen and oxygen atoms in total.